The van der Waals surface area contributed by atoms with Crippen molar-refractivity contribution in [1.29, 1.82) is 0 Å². The molecule has 0 radical (unpaired) electrons. The highest BCUT2D eigenvalue weighted by molar-refractivity contribution is 5.76. The molecule has 1 amide bonds. The monoisotopic (exact) mass is 228 g/mol. The number of carbonyl (C=O) groups excluding carboxylic acids is 1. The summed E-state index contributed by atoms with van der Waals surface area (Å²) in [6, 6.07) is 0. The van der Waals surface area contributed by atoms with Crippen molar-refractivity contribution < 1.29 is 9.53 Å². The van der Waals surface area contributed by atoms with E-state index in [9.17, 15) is 4.79 Å². The number of rotatable bonds is 5. The number of amides is 1. The van der Waals surface area contributed by atoms with Crippen molar-refractivity contribution in [3.05, 3.63) is 0 Å². The lowest BCUT2D eigenvalue weighted by Crippen LogP contribution is -2.41. The summed E-state index contributed by atoms with van der Waals surface area (Å²) in [5.74, 6) is 1.17. The molecule has 1 aliphatic rings. The van der Waals surface area contributed by atoms with Crippen LogP contribution in [0.2, 0.25) is 0 Å². The third-order valence-corrected chi connectivity index (χ3v) is 2.97. The molecule has 1 heterocycles. The number of nitrogens with two attached hydrogens (primary N) is 1. The van der Waals surface area contributed by atoms with Crippen LogP contribution in [-0.2, 0) is 9.53 Å². The van der Waals surface area contributed by atoms with Crippen molar-refractivity contribution >= 4 is 5.91 Å². The highest BCUT2D eigenvalue weighted by atomic mass is 16.5. The molecule has 0 saturated carbocycles. The number of morpholine rings is 1. The smallest absolute Gasteiger partial charge is 0.223 e. The van der Waals surface area contributed by atoms with Crippen LogP contribution >= 0.6 is 0 Å². The van der Waals surface area contributed by atoms with Crippen LogP contribution in [0.1, 0.15) is 26.7 Å². The number of hydrogen-bond donors (Lipinski definition) is 1. The van der Waals surface area contributed by atoms with Gasteiger partial charge in [0, 0.05) is 19.5 Å². The highest BCUT2D eigenvalue weighted by Gasteiger charge is 2.20. The molecule has 4 nitrogen and oxygen atoms in total. The fraction of sp³-hybridized carbons (Fsp3) is 0.917. The normalized spacial score (nSPS) is 18.9. The molecule has 1 fully saturated rings. The number of ether oxygens (including phenoxy) is 1. The van der Waals surface area contributed by atoms with E-state index in [1.807, 2.05) is 4.90 Å². The van der Waals surface area contributed by atoms with E-state index in [1.165, 1.54) is 0 Å². The first kappa shape index (κ1) is 13.5. The Morgan fingerprint density at radius 1 is 1.38 bits per heavy atom. The number of hydrogen-bond acceptors (Lipinski definition) is 3. The fourth-order valence-electron chi connectivity index (χ4n) is 2.12. The SMILES string of the molecule is CC(C)C[C@H](CN)CC(=O)N1CCOCC1. The maximum Gasteiger partial charge on any atom is 0.223 e. The highest BCUT2D eigenvalue weighted by Crippen LogP contribution is 2.16. The molecular weight excluding hydrogens is 204 g/mol. The van der Waals surface area contributed by atoms with Crippen LogP contribution in [0.25, 0.3) is 0 Å². The summed E-state index contributed by atoms with van der Waals surface area (Å²) in [6.07, 6.45) is 1.63. The summed E-state index contributed by atoms with van der Waals surface area (Å²) in [7, 11) is 0. The predicted molar refractivity (Wildman–Crippen MR) is 64.0 cm³/mol. The van der Waals surface area contributed by atoms with E-state index in [0.29, 0.717) is 38.0 Å². The summed E-state index contributed by atoms with van der Waals surface area (Å²) < 4.78 is 5.23. The fourth-order valence-corrected chi connectivity index (χ4v) is 2.12. The van der Waals surface area contributed by atoms with Gasteiger partial charge in [0.15, 0.2) is 0 Å². The maximum atomic E-state index is 12.0. The van der Waals surface area contributed by atoms with Gasteiger partial charge < -0.3 is 15.4 Å². The molecule has 0 aromatic heterocycles. The van der Waals surface area contributed by atoms with Gasteiger partial charge in [-0.2, -0.15) is 0 Å². The summed E-state index contributed by atoms with van der Waals surface area (Å²) >= 11 is 0. The lowest BCUT2D eigenvalue weighted by Gasteiger charge is -2.28. The van der Waals surface area contributed by atoms with Crippen molar-refractivity contribution in [3.63, 3.8) is 0 Å². The van der Waals surface area contributed by atoms with Gasteiger partial charge >= 0.3 is 0 Å². The minimum Gasteiger partial charge on any atom is -0.378 e. The van der Waals surface area contributed by atoms with Gasteiger partial charge in [-0.3, -0.25) is 4.79 Å². The van der Waals surface area contributed by atoms with Crippen LogP contribution in [0, 0.1) is 11.8 Å². The largest absolute Gasteiger partial charge is 0.378 e. The average molecular weight is 228 g/mol. The third kappa shape index (κ3) is 4.49. The molecular formula is C12H24N2O2. The van der Waals surface area contributed by atoms with Gasteiger partial charge in [-0.05, 0) is 24.8 Å². The summed E-state index contributed by atoms with van der Waals surface area (Å²) in [4.78, 5) is 13.9. The lowest BCUT2D eigenvalue weighted by atomic mass is 9.94. The molecule has 1 saturated heterocycles. The van der Waals surface area contributed by atoms with Crippen molar-refractivity contribution in [2.45, 2.75) is 26.7 Å². The van der Waals surface area contributed by atoms with Gasteiger partial charge in [0.2, 0.25) is 5.91 Å². The standard InChI is InChI=1S/C12H24N2O2/c1-10(2)7-11(9-13)8-12(15)14-3-5-16-6-4-14/h10-11H,3-9,13H2,1-2H3/t11-/m0/s1. The van der Waals surface area contributed by atoms with E-state index < -0.39 is 0 Å². The molecule has 0 aliphatic carbocycles. The van der Waals surface area contributed by atoms with Crippen molar-refractivity contribution in [1.82, 2.24) is 4.90 Å². The molecule has 1 atom stereocenters. The Kier molecular flexibility index (Phi) is 5.77. The van der Waals surface area contributed by atoms with E-state index >= 15 is 0 Å². The van der Waals surface area contributed by atoms with Gasteiger partial charge in [-0.15, -0.1) is 0 Å². The van der Waals surface area contributed by atoms with Gasteiger partial charge in [-0.1, -0.05) is 13.8 Å². The van der Waals surface area contributed by atoms with Crippen LogP contribution < -0.4 is 5.73 Å². The van der Waals surface area contributed by atoms with Crippen molar-refractivity contribution in [2.75, 3.05) is 32.8 Å². The first-order chi connectivity index (χ1) is 7.63. The molecule has 16 heavy (non-hydrogen) atoms. The Balaban J connectivity index is 2.35. The summed E-state index contributed by atoms with van der Waals surface area (Å²) in [5, 5.41) is 0. The van der Waals surface area contributed by atoms with Crippen LogP contribution in [0.5, 0.6) is 0 Å². The van der Waals surface area contributed by atoms with Crippen LogP contribution in [0.3, 0.4) is 0 Å². The zero-order chi connectivity index (χ0) is 12.0. The lowest BCUT2D eigenvalue weighted by molar-refractivity contribution is -0.136. The van der Waals surface area contributed by atoms with E-state index in [2.05, 4.69) is 13.8 Å². The van der Waals surface area contributed by atoms with Crippen LogP contribution in [0.4, 0.5) is 0 Å². The number of nitrogens with zero attached hydrogens (tertiary/aromatic N) is 1. The molecule has 1 rings (SSSR count). The Hall–Kier alpha value is -0.610. The molecule has 2 N–H and O–H groups in total. The quantitative estimate of drug-likeness (QED) is 0.759. The molecule has 94 valence electrons. The number of carbonyl (C=O) groups is 1. The van der Waals surface area contributed by atoms with Crippen molar-refractivity contribution in [2.24, 2.45) is 17.6 Å². The van der Waals surface area contributed by atoms with E-state index in [4.69, 9.17) is 10.5 Å². The molecule has 1 aliphatic heterocycles. The van der Waals surface area contributed by atoms with Gasteiger partial charge in [0.25, 0.3) is 0 Å². The van der Waals surface area contributed by atoms with Gasteiger partial charge in [0.05, 0.1) is 13.2 Å². The Labute approximate surface area is 98.1 Å². The van der Waals surface area contributed by atoms with Crippen LogP contribution in [0.15, 0.2) is 0 Å². The predicted octanol–water partition coefficient (Wildman–Crippen LogP) is 0.856. The molecule has 0 aromatic rings. The Morgan fingerprint density at radius 2 is 2.00 bits per heavy atom. The molecule has 0 unspecified atom stereocenters. The van der Waals surface area contributed by atoms with E-state index in [-0.39, 0.29) is 5.91 Å². The minimum atomic E-state index is 0.236. The van der Waals surface area contributed by atoms with Gasteiger partial charge in [0.1, 0.15) is 0 Å². The Bertz CT molecular complexity index is 213. The summed E-state index contributed by atoms with van der Waals surface area (Å²) in [6.45, 7) is 7.75. The van der Waals surface area contributed by atoms with Gasteiger partial charge in [-0.25, -0.2) is 0 Å². The zero-order valence-corrected chi connectivity index (χ0v) is 10.4. The first-order valence-electron chi connectivity index (χ1n) is 6.19. The van der Waals surface area contributed by atoms with E-state index in [1.54, 1.807) is 0 Å². The summed E-state index contributed by atoms with van der Waals surface area (Å²) in [5.41, 5.74) is 5.70. The molecule has 0 aromatic carbocycles. The topological polar surface area (TPSA) is 55.6 Å². The second-order valence-electron chi connectivity index (χ2n) is 4.93. The molecule has 4 heteroatoms. The molecule has 0 spiro atoms. The zero-order valence-electron chi connectivity index (χ0n) is 10.4. The average Bonchev–Trinajstić information content (AvgIpc) is 2.28. The second-order valence-corrected chi connectivity index (χ2v) is 4.93. The van der Waals surface area contributed by atoms with Crippen LogP contribution in [-0.4, -0.2) is 43.7 Å². The molecule has 0 bridgehead atoms. The van der Waals surface area contributed by atoms with Crippen molar-refractivity contribution in [3.8, 4) is 0 Å². The second kappa shape index (κ2) is 6.86. The minimum absolute atomic E-state index is 0.236. The maximum absolute atomic E-state index is 12.0. The first-order valence-corrected chi connectivity index (χ1v) is 6.19. The third-order valence-electron chi connectivity index (χ3n) is 2.97. The Morgan fingerprint density at radius 3 is 2.50 bits per heavy atom. The van der Waals surface area contributed by atoms with E-state index in [0.717, 1.165) is 19.5 Å².